The van der Waals surface area contributed by atoms with Crippen LogP contribution in [0.2, 0.25) is 5.02 Å². The van der Waals surface area contributed by atoms with E-state index in [9.17, 15) is 19.5 Å². The van der Waals surface area contributed by atoms with Crippen LogP contribution in [0.5, 0.6) is 0 Å². The van der Waals surface area contributed by atoms with E-state index in [-0.39, 0.29) is 29.1 Å². The Bertz CT molecular complexity index is 1220. The lowest BCUT2D eigenvalue weighted by Gasteiger charge is -2.17. The quantitative estimate of drug-likeness (QED) is 0.509. The first-order valence-corrected chi connectivity index (χ1v) is 10.4. The Morgan fingerprint density at radius 3 is 2.47 bits per heavy atom. The van der Waals surface area contributed by atoms with Crippen molar-refractivity contribution in [3.05, 3.63) is 92.4 Å². The molecule has 0 aliphatic heterocycles. The molecule has 1 heterocycles. The molecule has 0 radical (unpaired) electrons. The van der Waals surface area contributed by atoms with Crippen LogP contribution in [-0.4, -0.2) is 27.6 Å². The number of carbonyl (C=O) groups excluding carboxylic acids is 1. The Morgan fingerprint density at radius 2 is 1.84 bits per heavy atom. The number of hydrogen-bond acceptors (Lipinski definition) is 4. The number of pyridine rings is 1. The second kappa shape index (κ2) is 9.80. The highest BCUT2D eigenvalue weighted by atomic mass is 35.5. The average Bonchev–Trinajstić information content (AvgIpc) is 2.76. The predicted molar refractivity (Wildman–Crippen MR) is 124 cm³/mol. The second-order valence-corrected chi connectivity index (χ2v) is 7.94. The van der Waals surface area contributed by atoms with Crippen LogP contribution < -0.4 is 16.6 Å². The Balaban J connectivity index is 1.82. The van der Waals surface area contributed by atoms with Gasteiger partial charge < -0.3 is 20.7 Å². The van der Waals surface area contributed by atoms with Crippen molar-refractivity contribution in [2.75, 3.05) is 0 Å². The number of nitrogens with zero attached hydrogens (tertiary/aromatic N) is 1. The van der Waals surface area contributed by atoms with E-state index < -0.39 is 17.9 Å². The minimum atomic E-state index is -1.17. The molecule has 8 heteroatoms. The number of benzene rings is 2. The van der Waals surface area contributed by atoms with Crippen molar-refractivity contribution in [2.45, 2.75) is 25.9 Å². The summed E-state index contributed by atoms with van der Waals surface area (Å²) in [7, 11) is 1.69. The largest absolute Gasteiger partial charge is 0.480 e. The van der Waals surface area contributed by atoms with Gasteiger partial charge in [0.05, 0.1) is 16.1 Å². The molecule has 1 amide bonds. The van der Waals surface area contributed by atoms with E-state index in [1.54, 1.807) is 55.7 Å². The van der Waals surface area contributed by atoms with Crippen LogP contribution in [0.4, 0.5) is 0 Å². The monoisotopic (exact) mass is 453 g/mol. The van der Waals surface area contributed by atoms with Crippen LogP contribution in [0.15, 0.2) is 59.5 Å². The van der Waals surface area contributed by atoms with Crippen molar-refractivity contribution in [1.82, 2.24) is 9.88 Å². The topological polar surface area (TPSA) is 114 Å². The fourth-order valence-corrected chi connectivity index (χ4v) is 3.82. The van der Waals surface area contributed by atoms with Gasteiger partial charge in [-0.2, -0.15) is 0 Å². The summed E-state index contributed by atoms with van der Waals surface area (Å²) < 4.78 is 1.51. The van der Waals surface area contributed by atoms with Gasteiger partial charge in [-0.25, -0.2) is 4.79 Å². The van der Waals surface area contributed by atoms with Crippen LogP contribution in [0.1, 0.15) is 27.0 Å². The van der Waals surface area contributed by atoms with Gasteiger partial charge in [-0.05, 0) is 41.3 Å². The Kier molecular flexibility index (Phi) is 7.12. The lowest BCUT2D eigenvalue weighted by molar-refractivity contribution is -0.139. The maximum absolute atomic E-state index is 12.7. The Hall–Kier alpha value is -3.42. The number of hydrogen-bond donors (Lipinski definition) is 3. The van der Waals surface area contributed by atoms with Gasteiger partial charge in [0.25, 0.3) is 11.5 Å². The molecule has 32 heavy (non-hydrogen) atoms. The summed E-state index contributed by atoms with van der Waals surface area (Å²) >= 11 is 6.15. The third-order valence-electron chi connectivity index (χ3n) is 5.31. The predicted octanol–water partition coefficient (Wildman–Crippen LogP) is 2.90. The number of carboxylic acids is 1. The SMILES string of the molecule is Cc1ccn(C)c(=O)c1-c1ccc(CC(NC(=O)c2c(Cl)cccc2CN)C(=O)O)cc1. The molecule has 0 saturated carbocycles. The van der Waals surface area contributed by atoms with Gasteiger partial charge in [-0.15, -0.1) is 0 Å². The molecule has 1 unspecified atom stereocenters. The number of aliphatic carboxylic acids is 1. The van der Waals surface area contributed by atoms with Gasteiger partial charge in [0.15, 0.2) is 0 Å². The molecule has 0 saturated heterocycles. The van der Waals surface area contributed by atoms with Gasteiger partial charge in [0.2, 0.25) is 0 Å². The standard InChI is InChI=1S/C24H24ClN3O4/c1-14-10-11-28(2)23(30)20(14)16-8-6-15(7-9-16)12-19(24(31)32)27-22(29)21-17(13-26)4-3-5-18(21)25/h3-11,19H,12-13,26H2,1-2H3,(H,27,29)(H,31,32). The zero-order valence-electron chi connectivity index (χ0n) is 17.8. The van der Waals surface area contributed by atoms with Gasteiger partial charge in [0.1, 0.15) is 6.04 Å². The van der Waals surface area contributed by atoms with E-state index >= 15 is 0 Å². The van der Waals surface area contributed by atoms with E-state index in [4.69, 9.17) is 17.3 Å². The van der Waals surface area contributed by atoms with Crippen molar-refractivity contribution in [1.29, 1.82) is 0 Å². The van der Waals surface area contributed by atoms with Crippen LogP contribution in [-0.2, 0) is 24.8 Å². The molecule has 2 aromatic carbocycles. The fraction of sp³-hybridized carbons (Fsp3) is 0.208. The van der Waals surface area contributed by atoms with Crippen LogP contribution in [0.3, 0.4) is 0 Å². The normalized spacial score (nSPS) is 11.8. The highest BCUT2D eigenvalue weighted by Crippen LogP contribution is 2.22. The molecule has 0 spiro atoms. The van der Waals surface area contributed by atoms with Crippen molar-refractivity contribution in [2.24, 2.45) is 12.8 Å². The number of carboxylic acid groups (broad SMARTS) is 1. The van der Waals surface area contributed by atoms with E-state index in [2.05, 4.69) is 5.32 Å². The number of carbonyl (C=O) groups is 2. The van der Waals surface area contributed by atoms with E-state index in [0.717, 1.165) is 11.1 Å². The first kappa shape index (κ1) is 23.2. The third kappa shape index (κ3) is 4.90. The summed E-state index contributed by atoms with van der Waals surface area (Å²) in [6, 6.07) is 12.7. The number of aromatic nitrogens is 1. The first-order chi connectivity index (χ1) is 15.2. The van der Waals surface area contributed by atoms with E-state index in [1.807, 2.05) is 13.0 Å². The van der Waals surface area contributed by atoms with E-state index in [0.29, 0.717) is 16.7 Å². The maximum atomic E-state index is 12.7. The molecule has 4 N–H and O–H groups in total. The number of nitrogens with one attached hydrogen (secondary N) is 1. The molecule has 0 aliphatic carbocycles. The molecule has 3 rings (SSSR count). The molecule has 166 valence electrons. The number of halogens is 1. The lowest BCUT2D eigenvalue weighted by Crippen LogP contribution is -2.42. The number of rotatable bonds is 7. The molecule has 1 aromatic heterocycles. The van der Waals surface area contributed by atoms with E-state index in [1.165, 1.54) is 4.57 Å². The summed E-state index contributed by atoms with van der Waals surface area (Å²) in [5, 5.41) is 12.4. The summed E-state index contributed by atoms with van der Waals surface area (Å²) in [5.74, 6) is -1.76. The molecular weight excluding hydrogens is 430 g/mol. The van der Waals surface area contributed by atoms with Crippen molar-refractivity contribution in [3.8, 4) is 11.1 Å². The minimum Gasteiger partial charge on any atom is -0.480 e. The summed E-state index contributed by atoms with van der Waals surface area (Å²) in [6.07, 6.45) is 1.78. The van der Waals surface area contributed by atoms with Crippen molar-refractivity contribution < 1.29 is 14.7 Å². The Labute approximate surface area is 190 Å². The van der Waals surface area contributed by atoms with Crippen molar-refractivity contribution in [3.63, 3.8) is 0 Å². The summed E-state index contributed by atoms with van der Waals surface area (Å²) in [6.45, 7) is 1.96. The Morgan fingerprint density at radius 1 is 1.16 bits per heavy atom. The number of amides is 1. The van der Waals surface area contributed by atoms with Gasteiger partial charge in [-0.3, -0.25) is 9.59 Å². The van der Waals surface area contributed by atoms with Gasteiger partial charge in [0, 0.05) is 26.2 Å². The van der Waals surface area contributed by atoms with Crippen LogP contribution in [0.25, 0.3) is 11.1 Å². The molecule has 3 aromatic rings. The highest BCUT2D eigenvalue weighted by molar-refractivity contribution is 6.34. The molecule has 1 atom stereocenters. The summed E-state index contributed by atoms with van der Waals surface area (Å²) in [4.78, 5) is 37.0. The minimum absolute atomic E-state index is 0.0650. The second-order valence-electron chi connectivity index (χ2n) is 7.53. The molecular formula is C24H24ClN3O4. The maximum Gasteiger partial charge on any atom is 0.326 e. The zero-order chi connectivity index (χ0) is 23.4. The molecule has 7 nitrogen and oxygen atoms in total. The zero-order valence-corrected chi connectivity index (χ0v) is 18.5. The van der Waals surface area contributed by atoms with Crippen LogP contribution >= 0.6 is 11.6 Å². The number of nitrogens with two attached hydrogens (primary N) is 1. The lowest BCUT2D eigenvalue weighted by atomic mass is 9.98. The molecule has 0 bridgehead atoms. The molecule has 0 aliphatic rings. The third-order valence-corrected chi connectivity index (χ3v) is 5.62. The smallest absolute Gasteiger partial charge is 0.326 e. The van der Waals surface area contributed by atoms with Crippen LogP contribution in [0, 0.1) is 6.92 Å². The number of aryl methyl sites for hydroxylation is 2. The highest BCUT2D eigenvalue weighted by Gasteiger charge is 2.24. The fourth-order valence-electron chi connectivity index (χ4n) is 3.54. The van der Waals surface area contributed by atoms with Gasteiger partial charge in [-0.1, -0.05) is 48.0 Å². The first-order valence-electron chi connectivity index (χ1n) is 9.99. The average molecular weight is 454 g/mol. The van der Waals surface area contributed by atoms with Crippen molar-refractivity contribution >= 4 is 23.5 Å². The van der Waals surface area contributed by atoms with Gasteiger partial charge >= 0.3 is 5.97 Å². The molecule has 0 fully saturated rings. The summed E-state index contributed by atoms with van der Waals surface area (Å²) in [5.41, 5.74) is 9.17.